The molecule has 2 aromatic rings. The molecule has 1 N–H and O–H groups in total. The van der Waals surface area contributed by atoms with Gasteiger partial charge < -0.3 is 4.90 Å². The summed E-state index contributed by atoms with van der Waals surface area (Å²) in [4.78, 5) is 18.7. The minimum Gasteiger partial charge on any atom is -0.342 e. The van der Waals surface area contributed by atoms with E-state index >= 15 is 0 Å². The molecule has 1 amide bonds. The Balaban J connectivity index is 1.63. The van der Waals surface area contributed by atoms with Crippen LogP contribution in [-0.2, 0) is 11.2 Å². The summed E-state index contributed by atoms with van der Waals surface area (Å²) in [6.45, 7) is 5.57. The van der Waals surface area contributed by atoms with E-state index in [2.05, 4.69) is 21.2 Å². The van der Waals surface area contributed by atoms with Crippen molar-refractivity contribution in [1.29, 1.82) is 0 Å². The Bertz CT molecular complexity index is 647. The SMILES string of the molecule is Cc1ccc(CC(=O)N2CCCC(c3cc(C)[nH]n3)C2)cn1. The molecular formula is C17H22N4O. The lowest BCUT2D eigenvalue weighted by Gasteiger charge is -2.32. The van der Waals surface area contributed by atoms with Gasteiger partial charge in [-0.1, -0.05) is 6.07 Å². The molecule has 0 aromatic carbocycles. The lowest BCUT2D eigenvalue weighted by molar-refractivity contribution is -0.131. The second-order valence-electron chi connectivity index (χ2n) is 6.14. The Morgan fingerprint density at radius 3 is 2.95 bits per heavy atom. The van der Waals surface area contributed by atoms with Gasteiger partial charge >= 0.3 is 0 Å². The molecule has 0 radical (unpaired) electrons. The fourth-order valence-corrected chi connectivity index (χ4v) is 2.98. The molecule has 5 heteroatoms. The molecular weight excluding hydrogens is 276 g/mol. The van der Waals surface area contributed by atoms with E-state index < -0.39 is 0 Å². The van der Waals surface area contributed by atoms with Gasteiger partial charge in [0, 0.05) is 36.6 Å². The number of aromatic nitrogens is 3. The van der Waals surface area contributed by atoms with E-state index in [1.165, 1.54) is 0 Å². The van der Waals surface area contributed by atoms with Gasteiger partial charge in [0.1, 0.15) is 0 Å². The number of pyridine rings is 1. The van der Waals surface area contributed by atoms with Crippen LogP contribution in [0.3, 0.4) is 0 Å². The van der Waals surface area contributed by atoms with E-state index in [9.17, 15) is 4.79 Å². The quantitative estimate of drug-likeness (QED) is 0.946. The van der Waals surface area contributed by atoms with Crippen molar-refractivity contribution in [3.63, 3.8) is 0 Å². The van der Waals surface area contributed by atoms with Gasteiger partial charge in [0.05, 0.1) is 12.1 Å². The molecule has 1 aliphatic heterocycles. The van der Waals surface area contributed by atoms with Gasteiger partial charge in [0.15, 0.2) is 0 Å². The highest BCUT2D eigenvalue weighted by Gasteiger charge is 2.26. The average Bonchev–Trinajstić information content (AvgIpc) is 2.96. The highest BCUT2D eigenvalue weighted by atomic mass is 16.2. The number of likely N-dealkylation sites (tertiary alicyclic amines) is 1. The molecule has 0 saturated carbocycles. The van der Waals surface area contributed by atoms with Crippen LogP contribution in [0.15, 0.2) is 24.4 Å². The maximum absolute atomic E-state index is 12.5. The number of carbonyl (C=O) groups excluding carboxylic acids is 1. The summed E-state index contributed by atoms with van der Waals surface area (Å²) in [6, 6.07) is 6.02. The van der Waals surface area contributed by atoms with Crippen molar-refractivity contribution in [1.82, 2.24) is 20.1 Å². The van der Waals surface area contributed by atoms with Gasteiger partial charge in [0.2, 0.25) is 5.91 Å². The number of rotatable bonds is 3. The second kappa shape index (κ2) is 6.30. The van der Waals surface area contributed by atoms with Gasteiger partial charge in [-0.2, -0.15) is 5.10 Å². The normalized spacial score (nSPS) is 18.5. The second-order valence-corrected chi connectivity index (χ2v) is 6.14. The Labute approximate surface area is 130 Å². The largest absolute Gasteiger partial charge is 0.342 e. The number of amides is 1. The Morgan fingerprint density at radius 1 is 1.41 bits per heavy atom. The molecule has 0 bridgehead atoms. The van der Waals surface area contributed by atoms with E-state index in [-0.39, 0.29) is 5.91 Å². The number of hydrogen-bond donors (Lipinski definition) is 1. The van der Waals surface area contributed by atoms with Crippen molar-refractivity contribution < 1.29 is 4.79 Å². The molecule has 0 aliphatic carbocycles. The first-order valence-corrected chi connectivity index (χ1v) is 7.83. The number of nitrogens with zero attached hydrogens (tertiary/aromatic N) is 3. The number of piperidine rings is 1. The van der Waals surface area contributed by atoms with Crippen molar-refractivity contribution in [2.24, 2.45) is 0 Å². The summed E-state index contributed by atoms with van der Waals surface area (Å²) in [6.07, 6.45) is 4.36. The van der Waals surface area contributed by atoms with Crippen LogP contribution in [0.1, 0.15) is 41.4 Å². The van der Waals surface area contributed by atoms with Crippen LogP contribution in [0.4, 0.5) is 0 Å². The molecule has 3 rings (SSSR count). The van der Waals surface area contributed by atoms with Gasteiger partial charge in [-0.3, -0.25) is 14.9 Å². The summed E-state index contributed by atoms with van der Waals surface area (Å²) in [5, 5.41) is 7.35. The number of carbonyl (C=O) groups is 1. The van der Waals surface area contributed by atoms with E-state index in [1.807, 2.05) is 30.9 Å². The maximum Gasteiger partial charge on any atom is 0.227 e. The van der Waals surface area contributed by atoms with Crippen LogP contribution < -0.4 is 0 Å². The first-order chi connectivity index (χ1) is 10.6. The zero-order chi connectivity index (χ0) is 15.5. The Hall–Kier alpha value is -2.17. The fourth-order valence-electron chi connectivity index (χ4n) is 2.98. The summed E-state index contributed by atoms with van der Waals surface area (Å²) >= 11 is 0. The first kappa shape index (κ1) is 14.8. The fraction of sp³-hybridized carbons (Fsp3) is 0.471. The predicted molar refractivity (Wildman–Crippen MR) is 84.6 cm³/mol. The molecule has 1 unspecified atom stereocenters. The van der Waals surface area contributed by atoms with Crippen molar-refractivity contribution in [2.75, 3.05) is 13.1 Å². The third-order valence-electron chi connectivity index (χ3n) is 4.25. The highest BCUT2D eigenvalue weighted by molar-refractivity contribution is 5.78. The zero-order valence-corrected chi connectivity index (χ0v) is 13.2. The smallest absolute Gasteiger partial charge is 0.227 e. The number of aryl methyl sites for hydroxylation is 2. The lowest BCUT2D eigenvalue weighted by atomic mass is 9.94. The molecule has 0 spiro atoms. The van der Waals surface area contributed by atoms with E-state index in [4.69, 9.17) is 0 Å². The van der Waals surface area contributed by atoms with E-state index in [0.29, 0.717) is 12.3 Å². The van der Waals surface area contributed by atoms with E-state index in [1.54, 1.807) is 6.20 Å². The Morgan fingerprint density at radius 2 is 2.27 bits per heavy atom. The standard InChI is InChI=1S/C17H22N4O/c1-12-5-6-14(10-18-12)9-17(22)21-7-3-4-15(11-21)16-8-13(2)19-20-16/h5-6,8,10,15H,3-4,7,9,11H2,1-2H3,(H,19,20). The zero-order valence-electron chi connectivity index (χ0n) is 13.2. The molecule has 2 aromatic heterocycles. The third-order valence-corrected chi connectivity index (χ3v) is 4.25. The summed E-state index contributed by atoms with van der Waals surface area (Å²) in [7, 11) is 0. The molecule has 1 aliphatic rings. The highest BCUT2D eigenvalue weighted by Crippen LogP contribution is 2.26. The van der Waals surface area contributed by atoms with Crippen molar-refractivity contribution in [2.45, 2.75) is 39.0 Å². The summed E-state index contributed by atoms with van der Waals surface area (Å²) < 4.78 is 0. The molecule has 3 heterocycles. The molecule has 1 saturated heterocycles. The van der Waals surface area contributed by atoms with Gasteiger partial charge in [-0.25, -0.2) is 0 Å². The average molecular weight is 298 g/mol. The van der Waals surface area contributed by atoms with Crippen LogP contribution in [-0.4, -0.2) is 39.1 Å². The Kier molecular flexibility index (Phi) is 4.22. The minimum absolute atomic E-state index is 0.183. The minimum atomic E-state index is 0.183. The van der Waals surface area contributed by atoms with Crippen LogP contribution in [0, 0.1) is 13.8 Å². The van der Waals surface area contributed by atoms with Crippen molar-refractivity contribution in [3.8, 4) is 0 Å². The molecule has 22 heavy (non-hydrogen) atoms. The van der Waals surface area contributed by atoms with Crippen LogP contribution in [0.2, 0.25) is 0 Å². The van der Waals surface area contributed by atoms with Crippen molar-refractivity contribution in [3.05, 3.63) is 47.0 Å². The number of H-pyrrole nitrogens is 1. The van der Waals surface area contributed by atoms with Gasteiger partial charge in [0.25, 0.3) is 0 Å². The van der Waals surface area contributed by atoms with Crippen LogP contribution in [0.5, 0.6) is 0 Å². The lowest BCUT2D eigenvalue weighted by Crippen LogP contribution is -2.40. The molecule has 5 nitrogen and oxygen atoms in total. The third kappa shape index (κ3) is 3.35. The molecule has 1 atom stereocenters. The number of aromatic amines is 1. The first-order valence-electron chi connectivity index (χ1n) is 7.83. The summed E-state index contributed by atoms with van der Waals surface area (Å²) in [5.41, 5.74) is 4.10. The predicted octanol–water partition coefficient (Wildman–Crippen LogP) is 2.37. The summed E-state index contributed by atoms with van der Waals surface area (Å²) in [5.74, 6) is 0.529. The van der Waals surface area contributed by atoms with Gasteiger partial charge in [-0.15, -0.1) is 0 Å². The van der Waals surface area contributed by atoms with Crippen LogP contribution >= 0.6 is 0 Å². The van der Waals surface area contributed by atoms with E-state index in [0.717, 1.165) is 48.6 Å². The topological polar surface area (TPSA) is 61.9 Å². The number of hydrogen-bond acceptors (Lipinski definition) is 3. The van der Waals surface area contributed by atoms with Gasteiger partial charge in [-0.05, 0) is 44.4 Å². The molecule has 1 fully saturated rings. The monoisotopic (exact) mass is 298 g/mol. The molecule has 116 valence electrons. The number of nitrogens with one attached hydrogen (secondary N) is 1. The van der Waals surface area contributed by atoms with Crippen LogP contribution in [0.25, 0.3) is 0 Å². The maximum atomic E-state index is 12.5. The van der Waals surface area contributed by atoms with Crippen molar-refractivity contribution >= 4 is 5.91 Å².